The molecule has 0 aromatic heterocycles. The number of methoxy groups -OCH3 is 2. The molecule has 0 N–H and O–H groups in total. The van der Waals surface area contributed by atoms with Crippen molar-refractivity contribution >= 4 is 15.9 Å². The highest BCUT2D eigenvalue weighted by Crippen LogP contribution is 2.40. The Hall–Kier alpha value is -0.740. The van der Waals surface area contributed by atoms with Gasteiger partial charge < -0.3 is 14.4 Å². The second-order valence-electron chi connectivity index (χ2n) is 4.37. The van der Waals surface area contributed by atoms with Gasteiger partial charge in [0.25, 0.3) is 0 Å². The van der Waals surface area contributed by atoms with E-state index in [1.165, 1.54) is 11.1 Å². The lowest BCUT2D eigenvalue weighted by molar-refractivity contribution is 0.352. The number of rotatable bonds is 2. The topological polar surface area (TPSA) is 21.7 Å². The number of halogens is 1. The molecule has 0 bridgehead atoms. The van der Waals surface area contributed by atoms with Crippen molar-refractivity contribution in [1.82, 2.24) is 4.90 Å². The molecule has 0 saturated heterocycles. The summed E-state index contributed by atoms with van der Waals surface area (Å²) in [5.74, 6) is 1.61. The third-order valence-electron chi connectivity index (χ3n) is 3.31. The fourth-order valence-electron chi connectivity index (χ4n) is 2.26. The first kappa shape index (κ1) is 12.7. The van der Waals surface area contributed by atoms with Crippen LogP contribution < -0.4 is 9.47 Å². The van der Waals surface area contributed by atoms with Crippen LogP contribution in [0.1, 0.15) is 11.1 Å². The fraction of sp³-hybridized carbons (Fsp3) is 0.538. The molecule has 4 heteroatoms. The van der Waals surface area contributed by atoms with E-state index >= 15 is 0 Å². The van der Waals surface area contributed by atoms with Crippen LogP contribution in [0.5, 0.6) is 11.5 Å². The second-order valence-corrected chi connectivity index (χ2v) is 5.16. The Balaban J connectivity index is 2.49. The Morgan fingerprint density at radius 1 is 1.18 bits per heavy atom. The summed E-state index contributed by atoms with van der Waals surface area (Å²) < 4.78 is 11.8. The molecule has 1 aromatic carbocycles. The number of hydrogen-bond acceptors (Lipinski definition) is 3. The summed E-state index contributed by atoms with van der Waals surface area (Å²) >= 11 is 3.65. The van der Waals surface area contributed by atoms with E-state index in [1.807, 2.05) is 0 Å². The minimum atomic E-state index is 0.802. The lowest BCUT2D eigenvalue weighted by Gasteiger charge is -2.15. The molecule has 0 spiro atoms. The molecule has 0 radical (unpaired) electrons. The van der Waals surface area contributed by atoms with Gasteiger partial charge in [0.05, 0.1) is 18.7 Å². The number of fused-ring (bicyclic) bond motifs is 1. The third-order valence-corrected chi connectivity index (χ3v) is 4.15. The largest absolute Gasteiger partial charge is 0.493 e. The first-order valence-electron chi connectivity index (χ1n) is 5.78. The molecule has 0 unspecified atom stereocenters. The average Bonchev–Trinajstić information content (AvgIpc) is 2.51. The van der Waals surface area contributed by atoms with E-state index in [4.69, 9.17) is 9.47 Å². The summed E-state index contributed by atoms with van der Waals surface area (Å²) in [6, 6.07) is 2.11. The van der Waals surface area contributed by atoms with Gasteiger partial charge in [-0.3, -0.25) is 0 Å². The molecule has 0 saturated carbocycles. The summed E-state index contributed by atoms with van der Waals surface area (Å²) in [6.07, 6.45) is 2.11. The molecule has 3 nitrogen and oxygen atoms in total. The lowest BCUT2D eigenvalue weighted by Crippen LogP contribution is -2.20. The number of benzene rings is 1. The van der Waals surface area contributed by atoms with E-state index in [0.717, 1.165) is 41.9 Å². The first-order chi connectivity index (χ1) is 8.17. The zero-order valence-electron chi connectivity index (χ0n) is 10.5. The summed E-state index contributed by atoms with van der Waals surface area (Å²) in [5.41, 5.74) is 2.71. The van der Waals surface area contributed by atoms with Crippen molar-refractivity contribution in [2.24, 2.45) is 0 Å². The normalized spacial score (nSPS) is 16.2. The molecule has 1 aromatic rings. The molecule has 94 valence electrons. The molecule has 2 rings (SSSR count). The van der Waals surface area contributed by atoms with Gasteiger partial charge in [0.2, 0.25) is 0 Å². The number of ether oxygens (including phenoxy) is 2. The van der Waals surface area contributed by atoms with Crippen LogP contribution >= 0.6 is 15.9 Å². The van der Waals surface area contributed by atoms with Crippen LogP contribution in [0.25, 0.3) is 0 Å². The maximum Gasteiger partial charge on any atom is 0.175 e. The molecule has 1 aliphatic rings. The van der Waals surface area contributed by atoms with Gasteiger partial charge in [0.1, 0.15) is 0 Å². The zero-order valence-corrected chi connectivity index (χ0v) is 12.1. The molecule has 17 heavy (non-hydrogen) atoms. The van der Waals surface area contributed by atoms with Crippen LogP contribution in [-0.2, 0) is 12.8 Å². The molecule has 0 atom stereocenters. The van der Waals surface area contributed by atoms with E-state index in [2.05, 4.69) is 33.9 Å². The van der Waals surface area contributed by atoms with E-state index < -0.39 is 0 Å². The van der Waals surface area contributed by atoms with Crippen molar-refractivity contribution in [2.75, 3.05) is 34.4 Å². The zero-order chi connectivity index (χ0) is 12.4. The van der Waals surface area contributed by atoms with E-state index in [1.54, 1.807) is 14.2 Å². The molecule has 0 aliphatic carbocycles. The van der Waals surface area contributed by atoms with E-state index in [9.17, 15) is 0 Å². The Morgan fingerprint density at radius 3 is 2.53 bits per heavy atom. The Labute approximate surface area is 111 Å². The quantitative estimate of drug-likeness (QED) is 0.837. The summed E-state index contributed by atoms with van der Waals surface area (Å²) in [5, 5.41) is 0. The standard InChI is InChI=1S/C13H18BrNO2/c1-15-6-4-9-8-11(16-2)13(17-3)12(14)10(9)5-7-15/h8H,4-7H2,1-3H3. The van der Waals surface area contributed by atoms with Crippen molar-refractivity contribution in [2.45, 2.75) is 12.8 Å². The highest BCUT2D eigenvalue weighted by Gasteiger charge is 2.20. The minimum Gasteiger partial charge on any atom is -0.493 e. The van der Waals surface area contributed by atoms with Crippen molar-refractivity contribution in [1.29, 1.82) is 0 Å². The van der Waals surface area contributed by atoms with E-state index in [0.29, 0.717) is 0 Å². The lowest BCUT2D eigenvalue weighted by atomic mass is 10.0. The first-order valence-corrected chi connectivity index (χ1v) is 6.57. The summed E-state index contributed by atoms with van der Waals surface area (Å²) in [4.78, 5) is 2.35. The fourth-order valence-corrected chi connectivity index (χ4v) is 3.07. The summed E-state index contributed by atoms with van der Waals surface area (Å²) in [7, 11) is 5.52. The Kier molecular flexibility index (Phi) is 3.94. The highest BCUT2D eigenvalue weighted by atomic mass is 79.9. The van der Waals surface area contributed by atoms with Gasteiger partial charge in [-0.05, 0) is 53.0 Å². The highest BCUT2D eigenvalue weighted by molar-refractivity contribution is 9.10. The van der Waals surface area contributed by atoms with Gasteiger partial charge in [-0.2, -0.15) is 0 Å². The Morgan fingerprint density at radius 2 is 1.88 bits per heavy atom. The maximum absolute atomic E-state index is 5.42. The molecular weight excluding hydrogens is 282 g/mol. The molecule has 1 aliphatic heterocycles. The smallest absolute Gasteiger partial charge is 0.175 e. The second kappa shape index (κ2) is 5.27. The third kappa shape index (κ3) is 2.43. The van der Waals surface area contributed by atoms with Crippen molar-refractivity contribution in [3.63, 3.8) is 0 Å². The monoisotopic (exact) mass is 299 g/mol. The van der Waals surface area contributed by atoms with Crippen LogP contribution in [-0.4, -0.2) is 39.3 Å². The maximum atomic E-state index is 5.42. The minimum absolute atomic E-state index is 0.802. The average molecular weight is 300 g/mol. The van der Waals surface area contributed by atoms with Gasteiger partial charge in [0.15, 0.2) is 11.5 Å². The van der Waals surface area contributed by atoms with Crippen LogP contribution in [0.15, 0.2) is 10.5 Å². The molecule has 0 amide bonds. The van der Waals surface area contributed by atoms with Gasteiger partial charge in [0, 0.05) is 13.1 Å². The van der Waals surface area contributed by atoms with Gasteiger partial charge in [-0.25, -0.2) is 0 Å². The predicted octanol–water partition coefficient (Wildman–Crippen LogP) is 2.50. The molecule has 1 heterocycles. The van der Waals surface area contributed by atoms with Crippen LogP contribution in [0, 0.1) is 0 Å². The van der Waals surface area contributed by atoms with Gasteiger partial charge in [-0.1, -0.05) is 0 Å². The summed E-state index contributed by atoms with van der Waals surface area (Å²) in [6.45, 7) is 2.18. The van der Waals surface area contributed by atoms with Crippen molar-refractivity contribution < 1.29 is 9.47 Å². The number of hydrogen-bond donors (Lipinski definition) is 0. The number of nitrogens with zero attached hydrogens (tertiary/aromatic N) is 1. The van der Waals surface area contributed by atoms with Crippen LogP contribution in [0.3, 0.4) is 0 Å². The predicted molar refractivity (Wildman–Crippen MR) is 72.2 cm³/mol. The SMILES string of the molecule is COc1cc2c(c(Br)c1OC)CCN(C)CC2. The van der Waals surface area contributed by atoms with Crippen LogP contribution in [0.4, 0.5) is 0 Å². The van der Waals surface area contributed by atoms with E-state index in [-0.39, 0.29) is 0 Å². The molecular formula is C13H18BrNO2. The van der Waals surface area contributed by atoms with Crippen LogP contribution in [0.2, 0.25) is 0 Å². The van der Waals surface area contributed by atoms with Crippen molar-refractivity contribution in [3.8, 4) is 11.5 Å². The Bertz CT molecular complexity index is 420. The number of likely N-dealkylation sites (N-methyl/N-ethyl adjacent to an activating group) is 1. The van der Waals surface area contributed by atoms with Gasteiger partial charge in [-0.15, -0.1) is 0 Å². The van der Waals surface area contributed by atoms with Gasteiger partial charge >= 0.3 is 0 Å². The van der Waals surface area contributed by atoms with Crippen molar-refractivity contribution in [3.05, 3.63) is 21.7 Å². The molecule has 0 fully saturated rings.